The van der Waals surface area contributed by atoms with Crippen LogP contribution in [0, 0.1) is 50.2 Å². The fraction of sp³-hybridized carbons (Fsp3) is 0.743. The molecule has 0 aromatic heterocycles. The van der Waals surface area contributed by atoms with Gasteiger partial charge in [-0.3, -0.25) is 14.4 Å². The Kier molecular flexibility index (Phi) is 7.18. The second-order valence-electron chi connectivity index (χ2n) is 16.3. The van der Waals surface area contributed by atoms with Gasteiger partial charge in [-0.15, -0.1) is 0 Å². The van der Waals surface area contributed by atoms with Crippen molar-refractivity contribution < 1.29 is 29.0 Å². The topological polar surface area (TPSA) is 146 Å². The number of methoxy groups -OCH3 is 1. The Morgan fingerprint density at radius 2 is 1.66 bits per heavy atom. The van der Waals surface area contributed by atoms with Crippen molar-refractivity contribution in [1.82, 2.24) is 10.6 Å². The summed E-state index contributed by atoms with van der Waals surface area (Å²) >= 11 is 0. The number of allylic oxidation sites excluding steroid dienone is 3. The Bertz CT molecular complexity index is 1440. The fourth-order valence-corrected chi connectivity index (χ4v) is 10.6. The zero-order chi connectivity index (χ0) is 32.9. The molecule has 0 aromatic carbocycles. The largest absolute Gasteiger partial charge is 0.453 e. The monoisotopic (exact) mass is 607 g/mol. The summed E-state index contributed by atoms with van der Waals surface area (Å²) in [6.45, 7) is 15.9. The van der Waals surface area contributed by atoms with E-state index in [0.717, 1.165) is 24.8 Å². The van der Waals surface area contributed by atoms with Gasteiger partial charge in [-0.1, -0.05) is 47.6 Å². The van der Waals surface area contributed by atoms with Crippen LogP contribution in [0.25, 0.3) is 0 Å². The Hall–Kier alpha value is -2.99. The SMILES string of the molecule is COC(=O)NC(C)C(=O)N[C@@]1(C)CC[C@]2(C)CC[C@@]3(C)[C@]4(C)CC[C@H]5C(C)(C)C(=O)C(C#N)=C[C@]5(C)C4=CC(=O)[C@]3(O)[C@@H]2C1. The number of nitrogens with one attached hydrogen (secondary N) is 2. The maximum atomic E-state index is 14.6. The number of carbonyl (C=O) groups is 4. The molecule has 0 aliphatic heterocycles. The fourth-order valence-electron chi connectivity index (χ4n) is 10.6. The lowest BCUT2D eigenvalue weighted by Crippen LogP contribution is -2.74. The van der Waals surface area contributed by atoms with Crippen molar-refractivity contribution >= 4 is 23.6 Å². The molecule has 0 aromatic rings. The molecule has 2 amide bonds. The summed E-state index contributed by atoms with van der Waals surface area (Å²) in [5, 5.41) is 28.6. The van der Waals surface area contributed by atoms with Crippen molar-refractivity contribution in [2.75, 3.05) is 7.11 Å². The standard InChI is InChI=1S/C35H49N3O6/c1-20(37-28(42)44-9)27(41)38-31(5)14-12-30(4)13-15-34(8)33(7)11-10-22-29(2,3)26(40)21(19-36)17-32(22,6)23(33)16-25(39)35(34,43)24(30)18-31/h16-17,20,22,24,43H,10-15,18H2,1-9H3,(H,37,42)(H,38,41)/t20?,22-,24+,30+,31-,32-,33+,34-,35+/m0/s1. The van der Waals surface area contributed by atoms with Gasteiger partial charge in [0.25, 0.3) is 0 Å². The number of Topliss-reactive ketones (excluding diaryl/α,β-unsaturated/α-hetero) is 1. The summed E-state index contributed by atoms with van der Waals surface area (Å²) in [7, 11) is 1.24. The second kappa shape index (κ2) is 9.75. The molecular formula is C35H49N3O6. The number of ether oxygens (including phenoxy) is 1. The average Bonchev–Trinajstić information content (AvgIpc) is 2.95. The molecule has 9 atom stereocenters. The van der Waals surface area contributed by atoms with Crippen molar-refractivity contribution in [2.24, 2.45) is 38.9 Å². The van der Waals surface area contributed by atoms with Gasteiger partial charge in [-0.25, -0.2) is 4.79 Å². The first-order valence-electron chi connectivity index (χ1n) is 16.0. The zero-order valence-corrected chi connectivity index (χ0v) is 27.8. The highest BCUT2D eigenvalue weighted by Crippen LogP contribution is 2.75. The summed E-state index contributed by atoms with van der Waals surface area (Å²) in [5.74, 6) is -1.31. The van der Waals surface area contributed by atoms with Gasteiger partial charge < -0.3 is 20.5 Å². The average molecular weight is 608 g/mol. The van der Waals surface area contributed by atoms with Gasteiger partial charge in [-0.05, 0) is 87.2 Å². The van der Waals surface area contributed by atoms with E-state index < -0.39 is 50.9 Å². The number of nitriles is 1. The van der Waals surface area contributed by atoms with Crippen molar-refractivity contribution in [3.05, 3.63) is 23.3 Å². The maximum absolute atomic E-state index is 14.6. The van der Waals surface area contributed by atoms with Crippen LogP contribution in [0.1, 0.15) is 100 Å². The molecule has 5 aliphatic rings. The van der Waals surface area contributed by atoms with E-state index in [9.17, 15) is 29.5 Å². The van der Waals surface area contributed by atoms with Gasteiger partial charge in [-0.2, -0.15) is 5.26 Å². The molecule has 0 radical (unpaired) electrons. The van der Waals surface area contributed by atoms with Crippen LogP contribution in [0.5, 0.6) is 0 Å². The van der Waals surface area contributed by atoms with Crippen LogP contribution in [0.2, 0.25) is 0 Å². The van der Waals surface area contributed by atoms with Crippen molar-refractivity contribution in [1.29, 1.82) is 5.26 Å². The van der Waals surface area contributed by atoms with Crippen LogP contribution in [0.3, 0.4) is 0 Å². The van der Waals surface area contributed by atoms with Gasteiger partial charge in [0.2, 0.25) is 5.91 Å². The highest BCUT2D eigenvalue weighted by molar-refractivity contribution is 6.05. The molecule has 0 heterocycles. The van der Waals surface area contributed by atoms with Crippen LogP contribution in [-0.4, -0.2) is 53.0 Å². The molecule has 3 saturated carbocycles. The Labute approximate surface area is 261 Å². The number of fused-ring (bicyclic) bond motifs is 7. The van der Waals surface area contributed by atoms with Gasteiger partial charge in [0, 0.05) is 27.7 Å². The maximum Gasteiger partial charge on any atom is 0.407 e. The normalized spacial score (nSPS) is 44.7. The second-order valence-corrected chi connectivity index (χ2v) is 16.3. The van der Waals surface area contributed by atoms with E-state index in [1.54, 1.807) is 19.1 Å². The molecule has 0 spiro atoms. The van der Waals surface area contributed by atoms with Crippen molar-refractivity contribution in [3.63, 3.8) is 0 Å². The minimum atomic E-state index is -1.68. The molecule has 3 N–H and O–H groups in total. The molecule has 1 unspecified atom stereocenters. The third-order valence-electron chi connectivity index (χ3n) is 13.6. The minimum Gasteiger partial charge on any atom is -0.453 e. The number of carbonyl (C=O) groups excluding carboxylic acids is 4. The van der Waals surface area contributed by atoms with Crippen LogP contribution < -0.4 is 10.6 Å². The lowest BCUT2D eigenvalue weighted by molar-refractivity contribution is -0.240. The molecule has 240 valence electrons. The molecule has 0 saturated heterocycles. The van der Waals surface area contributed by atoms with E-state index >= 15 is 0 Å². The quantitative estimate of drug-likeness (QED) is 0.412. The van der Waals surface area contributed by atoms with E-state index in [2.05, 4.69) is 49.1 Å². The van der Waals surface area contributed by atoms with E-state index in [0.29, 0.717) is 25.7 Å². The van der Waals surface area contributed by atoms with Crippen molar-refractivity contribution in [3.8, 4) is 6.07 Å². The number of hydrogen-bond acceptors (Lipinski definition) is 7. The molecule has 3 fully saturated rings. The van der Waals surface area contributed by atoms with Crippen LogP contribution in [-0.2, 0) is 19.1 Å². The van der Waals surface area contributed by atoms with E-state index in [-0.39, 0.29) is 34.4 Å². The number of alkyl carbamates (subject to hydrolysis) is 1. The number of aliphatic hydroxyl groups is 1. The molecule has 9 heteroatoms. The van der Waals surface area contributed by atoms with E-state index in [1.165, 1.54) is 7.11 Å². The summed E-state index contributed by atoms with van der Waals surface area (Å²) < 4.78 is 4.65. The summed E-state index contributed by atoms with van der Waals surface area (Å²) in [5.41, 5.74) is -4.44. The number of nitrogens with zero attached hydrogens (tertiary/aromatic N) is 1. The highest BCUT2D eigenvalue weighted by Gasteiger charge is 2.75. The van der Waals surface area contributed by atoms with Gasteiger partial charge in [0.1, 0.15) is 17.7 Å². The van der Waals surface area contributed by atoms with Crippen LogP contribution in [0.15, 0.2) is 23.3 Å². The molecule has 5 aliphatic carbocycles. The van der Waals surface area contributed by atoms with Gasteiger partial charge in [0.05, 0.1) is 12.7 Å². The summed E-state index contributed by atoms with van der Waals surface area (Å²) in [4.78, 5) is 52.8. The minimum absolute atomic E-state index is 0.0795. The Morgan fingerprint density at radius 3 is 2.27 bits per heavy atom. The van der Waals surface area contributed by atoms with Crippen LogP contribution >= 0.6 is 0 Å². The van der Waals surface area contributed by atoms with Gasteiger partial charge >= 0.3 is 6.09 Å². The summed E-state index contributed by atoms with van der Waals surface area (Å²) in [6.07, 6.45) is 7.56. The van der Waals surface area contributed by atoms with E-state index in [4.69, 9.17) is 0 Å². The number of rotatable bonds is 3. The third-order valence-corrected chi connectivity index (χ3v) is 13.6. The summed E-state index contributed by atoms with van der Waals surface area (Å²) in [6, 6.07) is 1.32. The number of ketones is 2. The lowest BCUT2D eigenvalue weighted by Gasteiger charge is -2.71. The van der Waals surface area contributed by atoms with Crippen LogP contribution in [0.4, 0.5) is 4.79 Å². The smallest absolute Gasteiger partial charge is 0.407 e. The Morgan fingerprint density at radius 1 is 1.02 bits per heavy atom. The molecule has 9 nitrogen and oxygen atoms in total. The first-order chi connectivity index (χ1) is 20.2. The van der Waals surface area contributed by atoms with E-state index in [1.807, 2.05) is 20.8 Å². The number of hydrogen-bond donors (Lipinski definition) is 3. The first kappa shape index (κ1) is 32.4. The molecular weight excluding hydrogens is 558 g/mol. The molecule has 0 bridgehead atoms. The molecule has 5 rings (SSSR count). The Balaban J connectivity index is 1.58. The lowest BCUT2D eigenvalue weighted by atomic mass is 9.33. The zero-order valence-electron chi connectivity index (χ0n) is 27.8. The predicted octanol–water partition coefficient (Wildman–Crippen LogP) is 4.93. The third kappa shape index (κ3) is 4.05. The van der Waals surface area contributed by atoms with Crippen molar-refractivity contribution in [2.45, 2.75) is 118 Å². The molecule has 44 heavy (non-hydrogen) atoms. The van der Waals surface area contributed by atoms with Gasteiger partial charge in [0.15, 0.2) is 11.6 Å². The highest BCUT2D eigenvalue weighted by atomic mass is 16.5. The number of amides is 2. The predicted molar refractivity (Wildman–Crippen MR) is 164 cm³/mol. The first-order valence-corrected chi connectivity index (χ1v) is 16.0.